The molecule has 10 aromatic carbocycles. The van der Waals surface area contributed by atoms with Crippen LogP contribution in [0.4, 0.5) is 0 Å². The lowest BCUT2D eigenvalue weighted by Crippen LogP contribution is -2.62. The molecule has 0 aliphatic carbocycles. The first-order chi connectivity index (χ1) is 100. The molecule has 11 atom stereocenters. The molecule has 5 saturated heterocycles. The van der Waals surface area contributed by atoms with E-state index >= 15 is 0 Å². The fourth-order valence-electron chi connectivity index (χ4n) is 17.3. The van der Waals surface area contributed by atoms with Gasteiger partial charge in [0.1, 0.15) is 36.9 Å². The fourth-order valence-corrected chi connectivity index (χ4v) is 17.3. The number of aromatic amines is 5. The van der Waals surface area contributed by atoms with Crippen LogP contribution in [0.2, 0.25) is 0 Å². The minimum absolute atomic E-state index is 0.0131. The van der Waals surface area contributed by atoms with Gasteiger partial charge in [-0.15, -0.1) is 0 Å². The zero-order valence-corrected chi connectivity index (χ0v) is 72.4. The number of hydrogen-bond donors (Lipinski definition) is 5. The van der Waals surface area contributed by atoms with E-state index in [0.29, 0.717) is 0 Å². The third-order valence-corrected chi connectivity index (χ3v) is 23.5. The quantitative estimate of drug-likeness (QED) is 0.107. The summed E-state index contributed by atoms with van der Waals surface area (Å²) in [7, 11) is 0. The molecule has 736 valence electrons. The number of rotatable bonds is 5. The van der Waals surface area contributed by atoms with Gasteiger partial charge in [0.05, 0.1) is 123 Å². The number of aromatic nitrogens is 5. The normalized spacial score (nSPS) is 40.7. The number of nitrogens with zero attached hydrogens (tertiary/aromatic N) is 10. The minimum Gasteiger partial charge on any atom is -0.454 e. The van der Waals surface area contributed by atoms with Crippen molar-refractivity contribution in [3.63, 3.8) is 0 Å². The van der Waals surface area contributed by atoms with E-state index in [1.165, 1.54) is 42.5 Å². The smallest absolute Gasteiger partial charge is 0.245 e. The van der Waals surface area contributed by atoms with Crippen LogP contribution >= 0.6 is 0 Å². The van der Waals surface area contributed by atoms with E-state index in [1.54, 1.807) is 6.07 Å². The Kier molecular flexibility index (Phi) is 9.46. The molecule has 0 saturated carbocycles. The number of hydrogen-bond acceptors (Lipinski definition) is 20. The molecule has 1 unspecified atom stereocenters. The van der Waals surface area contributed by atoms with Crippen LogP contribution in [0, 0.1) is 0 Å². The monoisotopic (exact) mass is 2030 g/mol. The van der Waals surface area contributed by atoms with Crippen LogP contribution in [0.25, 0.3) is 54.5 Å². The molecule has 0 spiro atoms. The Balaban J connectivity index is 0.000000126. The average molecular weight is 2040 g/mol. The van der Waals surface area contributed by atoms with Crippen molar-refractivity contribution >= 4 is 114 Å². The summed E-state index contributed by atoms with van der Waals surface area (Å²) in [5.74, 6) is -25.6. The first-order valence-electron chi connectivity index (χ1n) is 79.1. The molecule has 5 fully saturated rings. The molecule has 30 rings (SSSR count). The van der Waals surface area contributed by atoms with Crippen molar-refractivity contribution in [3.8, 4) is 57.5 Å². The second-order valence-electron chi connectivity index (χ2n) is 31.7. The maximum absolute atomic E-state index is 14.2. The van der Waals surface area contributed by atoms with Crippen molar-refractivity contribution in [1.82, 2.24) is 73.9 Å². The summed E-state index contributed by atoms with van der Waals surface area (Å²) >= 11 is 0. The number of para-hydroxylation sites is 5. The molecule has 146 heavy (non-hydrogen) atoms. The fraction of sp³-hybridized carbons (Fsp3) is 0.279. The SMILES string of the molecule is [2H]c1c([2H])c([2H])c2c3c([nH]c2c1[2H])[C@@]([2H])(c1ccc2c(c1)OC([2H])([2H])O2)N1C(=O)C([2H])([2H])N(C([2H])([2H])[2H])C(=O)[C@@]1([2H])C3([2H])[2H].[2H]c1c([2H])c([C@]2([2H])c3[nH]c4c([2H])c([2H])c([2H])c([2H])c4c3C([2H])([2H])[C@]3([2H])C(=O)N(C([2H])([2H])[2H])C([2H])([2H])C(=O)N23)c([2H])c2c1OC([2H])(C)O2.[2H]c1c([2H])c([C@]2([2H])c3[nH]c4c([2H])c([2H])c([2H])c([2H])c4c3C([2H])([2H])[C@]3([2H])C(=O)N(C([2H])([2H])[2H])C([2H])([2H])C(=O)N23)c([2H])c2c1OCO2.[2H]c1c([2H])c([C@]2([2H])c3[nH]c4ccccc4c3C([2H])([2H])[C@]3([2H])C(=O)N(C([2H])([2H])[2H])C([2H])([2H])C(=O)N23)c([2H])c2c1OC([2H])([2H])O2.[2H]c1c([2H])c([C@]2([2H])c3[nH]c4ccccc4c3C([2H])([2H])[C@]3([2H])C(=O)N(C([2H])([2H])[2H])C([2H])([2H])C(=O)N23)c([2H])c2c1OCO2. The van der Waals surface area contributed by atoms with E-state index in [9.17, 15) is 61.7 Å². The van der Waals surface area contributed by atoms with Gasteiger partial charge in [-0.2, -0.15) is 0 Å². The third-order valence-electron chi connectivity index (χ3n) is 23.5. The van der Waals surface area contributed by atoms with Gasteiger partial charge in [-0.25, -0.2) is 0 Å². The summed E-state index contributed by atoms with van der Waals surface area (Å²) in [6.45, 7) is -43.2. The lowest BCUT2D eigenvalue weighted by atomic mass is 9.86. The Hall–Kier alpha value is -17.4. The maximum atomic E-state index is 14.2. The van der Waals surface area contributed by atoms with Gasteiger partial charge < -0.3 is 121 Å². The Labute approximate surface area is 937 Å². The Morgan fingerprint density at radius 1 is 0.295 bits per heavy atom. The van der Waals surface area contributed by atoms with Gasteiger partial charge in [0.25, 0.3) is 0 Å². The van der Waals surface area contributed by atoms with Crippen LogP contribution in [0.3, 0.4) is 0 Å². The summed E-state index contributed by atoms with van der Waals surface area (Å²) in [5.41, 5.74) is -13.4. The number of carbonyl (C=O) groups excluding carboxylic acids is 10. The molecule has 15 aliphatic rings. The van der Waals surface area contributed by atoms with Gasteiger partial charge in [0, 0.05) is 191 Å². The summed E-state index contributed by atoms with van der Waals surface area (Å²) in [5, 5.41) is -1.97. The van der Waals surface area contributed by atoms with E-state index in [2.05, 4.69) is 24.9 Å². The predicted octanol–water partition coefficient (Wildman–Crippen LogP) is 11.4. The van der Waals surface area contributed by atoms with Crippen molar-refractivity contribution < 1.29 is 197 Å². The van der Waals surface area contributed by atoms with Gasteiger partial charge in [0.2, 0.25) is 92.4 Å². The number of H-pyrrole nitrogens is 5. The first-order valence-corrected chi connectivity index (χ1v) is 42.1. The first kappa shape index (κ1) is 40.4. The molecule has 5 N–H and O–H groups in total. The summed E-state index contributed by atoms with van der Waals surface area (Å²) in [6, 6.07) is -42.0. The number of benzene rings is 10. The molecule has 10 amide bonds. The summed E-state index contributed by atoms with van der Waals surface area (Å²) < 4.78 is 681. The molecular formula is C111H97N15O20. The molecule has 35 heteroatoms. The summed E-state index contributed by atoms with van der Waals surface area (Å²) in [6.07, 6.45) is -19.8. The average Bonchev–Trinajstić information content (AvgIpc) is 1.40. The molecular weight excluding hydrogens is 1860 g/mol. The van der Waals surface area contributed by atoms with E-state index < -0.39 is 578 Å². The number of piperazine rings is 5. The van der Waals surface area contributed by atoms with Crippen molar-refractivity contribution in [1.29, 1.82) is 0 Å². The topological polar surface area (TPSA) is 374 Å². The van der Waals surface area contributed by atoms with Crippen LogP contribution in [0.5, 0.6) is 57.5 Å². The molecule has 5 aromatic heterocycles. The number of carbonyl (C=O) groups is 10. The highest BCUT2D eigenvalue weighted by atomic mass is 16.7. The van der Waals surface area contributed by atoms with Crippen molar-refractivity contribution in [2.75, 3.05) is 94.4 Å². The van der Waals surface area contributed by atoms with Gasteiger partial charge in [-0.05, 0) is 146 Å². The molecule has 20 heterocycles. The number of amides is 10. The molecule has 0 radical (unpaired) electrons. The lowest BCUT2D eigenvalue weighted by molar-refractivity contribution is -0.157. The highest BCUT2D eigenvalue weighted by molar-refractivity contribution is 6.03. The molecule has 15 aromatic rings. The minimum atomic E-state index is -3.97. The van der Waals surface area contributed by atoms with Crippen LogP contribution in [-0.4, -0.2) is 264 Å². The second kappa shape index (κ2) is 34.2. The van der Waals surface area contributed by atoms with Gasteiger partial charge in [-0.3, -0.25) is 47.9 Å². The zero-order valence-electron chi connectivity index (χ0n) is 146. The Morgan fingerprint density at radius 2 is 0.582 bits per heavy atom. The second-order valence-corrected chi connectivity index (χ2v) is 31.7. The van der Waals surface area contributed by atoms with Crippen LogP contribution in [-0.2, 0) is 79.8 Å². The third kappa shape index (κ3) is 14.2. The zero-order chi connectivity index (χ0) is 164. The van der Waals surface area contributed by atoms with E-state index in [-0.39, 0.29) is 63.6 Å². The highest BCUT2D eigenvalue weighted by Crippen LogP contribution is 2.53. The van der Waals surface area contributed by atoms with Crippen molar-refractivity contribution in [3.05, 3.63) is 296 Å². The molecule has 15 aliphatic heterocycles. The maximum Gasteiger partial charge on any atom is 0.245 e. The van der Waals surface area contributed by atoms with Crippen molar-refractivity contribution in [2.24, 2.45) is 0 Å². The predicted molar refractivity (Wildman–Crippen MR) is 528 cm³/mol. The van der Waals surface area contributed by atoms with Gasteiger partial charge >= 0.3 is 0 Å². The van der Waals surface area contributed by atoms with Crippen LogP contribution in [0.1, 0.15) is 223 Å². The largest absolute Gasteiger partial charge is 0.454 e. The molecule has 35 nitrogen and oxygen atoms in total. The number of likely N-dealkylation sites (N-methyl/N-ethyl adjacent to an activating group) is 5. The van der Waals surface area contributed by atoms with Gasteiger partial charge in [0.15, 0.2) is 57.5 Å². The lowest BCUT2D eigenvalue weighted by Gasteiger charge is -2.46. The van der Waals surface area contributed by atoms with Crippen LogP contribution in [0.15, 0.2) is 212 Å². The Morgan fingerprint density at radius 3 is 0.959 bits per heavy atom. The van der Waals surface area contributed by atoms with E-state index in [0.717, 1.165) is 25.1 Å². The summed E-state index contributed by atoms with van der Waals surface area (Å²) in [4.78, 5) is 150. The van der Waals surface area contributed by atoms with Gasteiger partial charge in [-0.1, -0.05) is 121 Å². The number of nitrogens with one attached hydrogen (secondary N) is 5. The van der Waals surface area contributed by atoms with E-state index in [1.807, 2.05) is 0 Å². The highest BCUT2D eigenvalue weighted by Gasteiger charge is 2.55. The molecule has 0 bridgehead atoms. The Bertz CT molecular complexity index is 12300. The standard InChI is InChI=1S/C23H21N3O4.4C22H19N3O4/c1-12-29-18-8-7-13(9-19(18)30-12)22-21-15(14-5-3-4-6-16(14)24-21)10-17-23(28)25(2)11-20(27)26(17)22;4*1-24-10-19(26)25-16(22(24)27)9-14-13-4-2-3-5-15(13)23-20(14)21(25)12-6-7-17-18(8-12)29-11-28-17/h3-9,12,17,22,24H,10-11H2,1-2H3;4*2-8,16,21,23H,9-11H2,1H3/t12?,17-,22-;4*16-,21-/m11111/s1/i2D3,3D,4D,5D,6D,7D,8D,9D,10D2,11D2,12D,17D,22D;1D3,2D,3D,4D,5D,6D,7D,8D,9D2,10D2,16D,21D;1D3,2D,3D,4D,5D,9D2,10D2,11D2,16D,21D;1D3,6D,7D,8D,9D2,10D2,11D2,16D,21D;1D3,6D,7D,8D,9D2,10D2,16D,21D. The number of fused-ring (bicyclic) bond motifs is 25. The van der Waals surface area contributed by atoms with Crippen molar-refractivity contribution in [2.45, 2.75) is 105 Å². The van der Waals surface area contributed by atoms with Crippen LogP contribution < -0.4 is 47.4 Å². The number of ether oxygens (including phenoxy) is 10. The van der Waals surface area contributed by atoms with E-state index in [4.69, 9.17) is 135 Å².